The molecular formula is C24H20ClN3O3. The van der Waals surface area contributed by atoms with Crippen molar-refractivity contribution < 1.29 is 13.9 Å². The van der Waals surface area contributed by atoms with Crippen LogP contribution in [0.15, 0.2) is 83.3 Å². The maximum absolute atomic E-state index is 12.8. The zero-order chi connectivity index (χ0) is 21.6. The average Bonchev–Trinajstić information content (AvgIpc) is 3.29. The summed E-state index contributed by atoms with van der Waals surface area (Å²) in [4.78, 5) is 12.8. The van der Waals surface area contributed by atoms with Crippen LogP contribution >= 0.6 is 11.6 Å². The molecule has 1 heterocycles. The number of carbonyl (C=O) groups is 1. The Labute approximate surface area is 184 Å². The third-order valence-electron chi connectivity index (χ3n) is 4.74. The highest BCUT2D eigenvalue weighted by molar-refractivity contribution is 6.30. The third-order valence-corrected chi connectivity index (χ3v) is 4.99. The molecule has 1 amide bonds. The van der Waals surface area contributed by atoms with E-state index in [0.29, 0.717) is 16.8 Å². The lowest BCUT2D eigenvalue weighted by molar-refractivity contribution is -0.121. The Morgan fingerprint density at radius 3 is 2.39 bits per heavy atom. The molecular weight excluding hydrogens is 414 g/mol. The number of nitrogens with one attached hydrogen (secondary N) is 1. The standard InChI is InChI=1S/C24H20ClN3O3/c1-30-20-13-7-16(8-14-20)15-21(29)26-22(17-9-11-19(25)12-10-17)24-28-27-23(31-24)18-5-3-2-4-6-18/h2-14,22H,15H2,1H3,(H,26,29). The van der Waals surface area contributed by atoms with Crippen molar-refractivity contribution in [2.24, 2.45) is 0 Å². The molecule has 0 fully saturated rings. The van der Waals surface area contributed by atoms with Gasteiger partial charge in [-0.15, -0.1) is 10.2 Å². The summed E-state index contributed by atoms with van der Waals surface area (Å²) in [6, 6.07) is 23.4. The first-order chi connectivity index (χ1) is 15.1. The number of carbonyl (C=O) groups excluding carboxylic acids is 1. The number of benzene rings is 3. The zero-order valence-electron chi connectivity index (χ0n) is 16.8. The largest absolute Gasteiger partial charge is 0.497 e. The highest BCUT2D eigenvalue weighted by Gasteiger charge is 2.23. The quantitative estimate of drug-likeness (QED) is 0.451. The molecule has 0 spiro atoms. The molecule has 0 aliphatic rings. The fourth-order valence-electron chi connectivity index (χ4n) is 3.13. The number of hydrogen-bond donors (Lipinski definition) is 1. The molecule has 156 valence electrons. The van der Waals surface area contributed by atoms with E-state index < -0.39 is 6.04 Å². The Kier molecular flexibility index (Phi) is 6.29. The molecule has 7 heteroatoms. The summed E-state index contributed by atoms with van der Waals surface area (Å²) in [7, 11) is 1.60. The van der Waals surface area contributed by atoms with Gasteiger partial charge in [-0.3, -0.25) is 4.79 Å². The number of nitrogens with zero attached hydrogens (tertiary/aromatic N) is 2. The van der Waals surface area contributed by atoms with Crippen molar-refractivity contribution in [3.63, 3.8) is 0 Å². The van der Waals surface area contributed by atoms with E-state index in [1.54, 1.807) is 19.2 Å². The third kappa shape index (κ3) is 5.10. The second-order valence-corrected chi connectivity index (χ2v) is 7.32. The minimum Gasteiger partial charge on any atom is -0.497 e. The predicted molar refractivity (Wildman–Crippen MR) is 118 cm³/mol. The van der Waals surface area contributed by atoms with E-state index in [9.17, 15) is 4.79 Å². The number of halogens is 1. The van der Waals surface area contributed by atoms with Crippen molar-refractivity contribution in [2.75, 3.05) is 7.11 Å². The Bertz CT molecular complexity index is 1140. The molecule has 4 aromatic rings. The molecule has 0 bridgehead atoms. The molecule has 0 saturated heterocycles. The van der Waals surface area contributed by atoms with E-state index >= 15 is 0 Å². The number of ether oxygens (including phenoxy) is 1. The lowest BCUT2D eigenvalue weighted by atomic mass is 10.1. The van der Waals surface area contributed by atoms with Gasteiger partial charge in [-0.05, 0) is 47.5 Å². The van der Waals surface area contributed by atoms with Gasteiger partial charge in [0.05, 0.1) is 13.5 Å². The number of rotatable bonds is 7. The molecule has 1 aromatic heterocycles. The van der Waals surface area contributed by atoms with Crippen LogP contribution in [-0.4, -0.2) is 23.2 Å². The normalized spacial score (nSPS) is 11.7. The molecule has 4 rings (SSSR count). The smallest absolute Gasteiger partial charge is 0.247 e. The van der Waals surface area contributed by atoms with Crippen molar-refractivity contribution in [2.45, 2.75) is 12.5 Å². The topological polar surface area (TPSA) is 77.2 Å². The summed E-state index contributed by atoms with van der Waals surface area (Å²) in [5.41, 5.74) is 2.46. The first kappa shape index (κ1) is 20.6. The summed E-state index contributed by atoms with van der Waals surface area (Å²) < 4.78 is 11.1. The van der Waals surface area contributed by atoms with E-state index in [0.717, 1.165) is 22.4 Å². The van der Waals surface area contributed by atoms with Crippen molar-refractivity contribution in [1.82, 2.24) is 15.5 Å². The van der Waals surface area contributed by atoms with Crippen molar-refractivity contribution in [3.05, 3.63) is 101 Å². The fraction of sp³-hybridized carbons (Fsp3) is 0.125. The fourth-order valence-corrected chi connectivity index (χ4v) is 3.26. The van der Waals surface area contributed by atoms with Crippen LogP contribution in [0.4, 0.5) is 0 Å². The second kappa shape index (κ2) is 9.45. The lowest BCUT2D eigenvalue weighted by Gasteiger charge is -2.16. The van der Waals surface area contributed by atoms with Gasteiger partial charge in [0, 0.05) is 10.6 Å². The lowest BCUT2D eigenvalue weighted by Crippen LogP contribution is -2.30. The Morgan fingerprint density at radius 1 is 1.00 bits per heavy atom. The van der Waals surface area contributed by atoms with Crippen molar-refractivity contribution >= 4 is 17.5 Å². The van der Waals surface area contributed by atoms with Crippen LogP contribution in [0.3, 0.4) is 0 Å². The molecule has 1 atom stereocenters. The van der Waals surface area contributed by atoms with Gasteiger partial charge < -0.3 is 14.5 Å². The van der Waals surface area contributed by atoms with E-state index in [2.05, 4.69) is 15.5 Å². The zero-order valence-corrected chi connectivity index (χ0v) is 17.5. The van der Waals surface area contributed by atoms with Crippen LogP contribution in [0.2, 0.25) is 5.02 Å². The van der Waals surface area contributed by atoms with Gasteiger partial charge in [-0.2, -0.15) is 0 Å². The van der Waals surface area contributed by atoms with Gasteiger partial charge in [0.15, 0.2) is 0 Å². The average molecular weight is 434 g/mol. The van der Waals surface area contributed by atoms with Gasteiger partial charge in [0.1, 0.15) is 11.8 Å². The van der Waals surface area contributed by atoms with E-state index in [1.165, 1.54) is 0 Å². The Balaban J connectivity index is 1.58. The Morgan fingerprint density at radius 2 is 1.71 bits per heavy atom. The highest BCUT2D eigenvalue weighted by atomic mass is 35.5. The minimum atomic E-state index is -0.604. The summed E-state index contributed by atoms with van der Waals surface area (Å²) in [5.74, 6) is 1.25. The molecule has 0 aliphatic heterocycles. The Hall–Kier alpha value is -3.64. The molecule has 6 nitrogen and oxygen atoms in total. The maximum Gasteiger partial charge on any atom is 0.247 e. The van der Waals surface area contributed by atoms with E-state index in [1.807, 2.05) is 66.7 Å². The molecule has 1 unspecified atom stereocenters. The highest BCUT2D eigenvalue weighted by Crippen LogP contribution is 2.26. The van der Waals surface area contributed by atoms with Gasteiger partial charge in [-0.1, -0.05) is 54.1 Å². The molecule has 31 heavy (non-hydrogen) atoms. The van der Waals surface area contributed by atoms with Crippen LogP contribution in [0.1, 0.15) is 23.1 Å². The SMILES string of the molecule is COc1ccc(CC(=O)NC(c2ccc(Cl)cc2)c2nnc(-c3ccccc3)o2)cc1. The maximum atomic E-state index is 12.8. The second-order valence-electron chi connectivity index (χ2n) is 6.89. The van der Waals surface area contributed by atoms with Gasteiger partial charge >= 0.3 is 0 Å². The molecule has 0 radical (unpaired) electrons. The van der Waals surface area contributed by atoms with Crippen LogP contribution in [0.25, 0.3) is 11.5 Å². The minimum absolute atomic E-state index is 0.176. The number of aromatic nitrogens is 2. The first-order valence-corrected chi connectivity index (χ1v) is 10.1. The number of amides is 1. The first-order valence-electron chi connectivity index (χ1n) is 9.69. The summed E-state index contributed by atoms with van der Waals surface area (Å²) >= 11 is 6.04. The summed E-state index contributed by atoms with van der Waals surface area (Å²) in [6.07, 6.45) is 0.202. The summed E-state index contributed by atoms with van der Waals surface area (Å²) in [5, 5.41) is 11.9. The molecule has 3 aromatic carbocycles. The van der Waals surface area contributed by atoms with Crippen molar-refractivity contribution in [1.29, 1.82) is 0 Å². The van der Waals surface area contributed by atoms with Gasteiger partial charge in [0.2, 0.25) is 17.7 Å². The van der Waals surface area contributed by atoms with Gasteiger partial charge in [0.25, 0.3) is 0 Å². The molecule has 0 aliphatic carbocycles. The monoisotopic (exact) mass is 433 g/mol. The van der Waals surface area contributed by atoms with Crippen LogP contribution in [0, 0.1) is 0 Å². The van der Waals surface area contributed by atoms with E-state index in [-0.39, 0.29) is 12.3 Å². The van der Waals surface area contributed by atoms with Crippen LogP contribution < -0.4 is 10.1 Å². The summed E-state index contributed by atoms with van der Waals surface area (Å²) in [6.45, 7) is 0. The number of hydrogen-bond acceptors (Lipinski definition) is 5. The number of methoxy groups -OCH3 is 1. The molecule has 1 N–H and O–H groups in total. The van der Waals surface area contributed by atoms with Crippen molar-refractivity contribution in [3.8, 4) is 17.2 Å². The van der Waals surface area contributed by atoms with Crippen LogP contribution in [0.5, 0.6) is 5.75 Å². The van der Waals surface area contributed by atoms with Gasteiger partial charge in [-0.25, -0.2) is 0 Å². The predicted octanol–water partition coefficient (Wildman–Crippen LogP) is 4.85. The molecule has 0 saturated carbocycles. The van der Waals surface area contributed by atoms with E-state index in [4.69, 9.17) is 20.8 Å². The van der Waals surface area contributed by atoms with Crippen LogP contribution in [-0.2, 0) is 11.2 Å².